The van der Waals surface area contributed by atoms with Gasteiger partial charge in [0.15, 0.2) is 0 Å². The number of benzene rings is 1. The molecule has 24 heavy (non-hydrogen) atoms. The van der Waals surface area contributed by atoms with Gasteiger partial charge in [0.1, 0.15) is 5.76 Å². The van der Waals surface area contributed by atoms with E-state index in [1.807, 2.05) is 42.4 Å². The molecular formula is C17H17BrN4O2. The fourth-order valence-electron chi connectivity index (χ4n) is 2.54. The summed E-state index contributed by atoms with van der Waals surface area (Å²) < 4.78 is 12.1. The molecule has 0 atom stereocenters. The molecule has 0 saturated heterocycles. The minimum atomic E-state index is 0.544. The summed E-state index contributed by atoms with van der Waals surface area (Å²) in [5.74, 6) is 3.48. The Morgan fingerprint density at radius 3 is 2.88 bits per heavy atom. The molecule has 0 amide bonds. The average molecular weight is 389 g/mol. The molecule has 0 N–H and O–H groups in total. The number of halogens is 1. The van der Waals surface area contributed by atoms with E-state index in [1.165, 1.54) is 12.8 Å². The van der Waals surface area contributed by atoms with Crippen molar-refractivity contribution in [2.45, 2.75) is 31.8 Å². The van der Waals surface area contributed by atoms with Gasteiger partial charge in [-0.2, -0.15) is 4.98 Å². The summed E-state index contributed by atoms with van der Waals surface area (Å²) in [6.07, 6.45) is 4.27. The normalized spacial score (nSPS) is 14.5. The summed E-state index contributed by atoms with van der Waals surface area (Å²) in [6.45, 7) is 1.16. The smallest absolute Gasteiger partial charge is 0.241 e. The van der Waals surface area contributed by atoms with Gasteiger partial charge in [-0.1, -0.05) is 33.2 Å². The van der Waals surface area contributed by atoms with Crippen molar-refractivity contribution in [3.63, 3.8) is 0 Å². The van der Waals surface area contributed by atoms with Crippen LogP contribution in [-0.4, -0.2) is 27.1 Å². The highest BCUT2D eigenvalue weighted by Gasteiger charge is 2.27. The quantitative estimate of drug-likeness (QED) is 0.635. The Morgan fingerprint density at radius 1 is 1.25 bits per heavy atom. The summed E-state index contributed by atoms with van der Waals surface area (Å²) in [5, 5.41) is 4.05. The molecule has 3 aromatic rings. The van der Waals surface area contributed by atoms with Crippen molar-refractivity contribution < 1.29 is 8.94 Å². The predicted molar refractivity (Wildman–Crippen MR) is 91.1 cm³/mol. The minimum absolute atomic E-state index is 0.544. The van der Waals surface area contributed by atoms with Crippen molar-refractivity contribution in [3.8, 4) is 11.4 Å². The summed E-state index contributed by atoms with van der Waals surface area (Å²) in [6, 6.07) is 7.83. The molecular weight excluding hydrogens is 372 g/mol. The van der Waals surface area contributed by atoms with Crippen LogP contribution in [0, 0.1) is 0 Å². The first-order chi connectivity index (χ1) is 11.7. The number of nitrogens with zero attached hydrogens (tertiary/aromatic N) is 4. The number of rotatable bonds is 6. The molecule has 0 aliphatic heterocycles. The van der Waals surface area contributed by atoms with Gasteiger partial charge in [-0.15, -0.1) is 0 Å². The maximum Gasteiger partial charge on any atom is 0.241 e. The molecule has 1 aromatic carbocycles. The van der Waals surface area contributed by atoms with Crippen LogP contribution >= 0.6 is 15.9 Å². The number of hydrogen-bond acceptors (Lipinski definition) is 6. The first kappa shape index (κ1) is 15.5. The van der Waals surface area contributed by atoms with Gasteiger partial charge in [0.05, 0.1) is 19.3 Å². The second kappa shape index (κ2) is 6.49. The molecule has 124 valence electrons. The molecule has 6 nitrogen and oxygen atoms in total. The number of hydrogen-bond donors (Lipinski definition) is 0. The van der Waals surface area contributed by atoms with E-state index in [1.54, 1.807) is 0 Å². The van der Waals surface area contributed by atoms with Crippen molar-refractivity contribution >= 4 is 15.9 Å². The maximum absolute atomic E-state index is 5.78. The Balaban J connectivity index is 1.39. The number of oxazole rings is 1. The van der Waals surface area contributed by atoms with Gasteiger partial charge in [0.2, 0.25) is 17.6 Å². The zero-order valence-corrected chi connectivity index (χ0v) is 14.9. The van der Waals surface area contributed by atoms with Crippen molar-refractivity contribution in [2.24, 2.45) is 0 Å². The lowest BCUT2D eigenvalue weighted by molar-refractivity contribution is 0.238. The lowest BCUT2D eigenvalue weighted by Gasteiger charge is -2.10. The van der Waals surface area contributed by atoms with Crippen LogP contribution in [0.25, 0.3) is 11.4 Å². The SMILES string of the molecule is CN(Cc1nc(-c2cccc(Br)c2)no1)Cc1ncc(C2CC2)o1. The van der Waals surface area contributed by atoms with Crippen molar-refractivity contribution in [3.05, 3.63) is 52.5 Å². The Bertz CT molecular complexity index is 840. The van der Waals surface area contributed by atoms with Crippen molar-refractivity contribution in [2.75, 3.05) is 7.05 Å². The molecule has 0 unspecified atom stereocenters. The highest BCUT2D eigenvalue weighted by Crippen LogP contribution is 2.40. The lowest BCUT2D eigenvalue weighted by Crippen LogP contribution is -2.17. The second-order valence-electron chi connectivity index (χ2n) is 6.13. The van der Waals surface area contributed by atoms with E-state index < -0.39 is 0 Å². The molecule has 2 heterocycles. The largest absolute Gasteiger partial charge is 0.444 e. The Hall–Kier alpha value is -1.99. The van der Waals surface area contributed by atoms with E-state index in [9.17, 15) is 0 Å². The third kappa shape index (κ3) is 3.57. The fraction of sp³-hybridized carbons (Fsp3) is 0.353. The van der Waals surface area contributed by atoms with Gasteiger partial charge in [0.25, 0.3) is 0 Å². The summed E-state index contributed by atoms with van der Waals surface area (Å²) in [5.41, 5.74) is 0.920. The van der Waals surface area contributed by atoms with Gasteiger partial charge in [0, 0.05) is 16.0 Å². The Labute approximate surface area is 148 Å². The molecule has 1 fully saturated rings. The standard InChI is InChI=1S/C17H17BrN4O2/c1-22(9-15-19-8-14(23-15)11-5-6-11)10-16-20-17(21-24-16)12-3-2-4-13(18)7-12/h2-4,7-8,11H,5-6,9-10H2,1H3. The highest BCUT2D eigenvalue weighted by molar-refractivity contribution is 9.10. The van der Waals surface area contributed by atoms with Gasteiger partial charge in [-0.05, 0) is 32.0 Å². The number of aromatic nitrogens is 3. The molecule has 4 rings (SSSR count). The first-order valence-corrected chi connectivity index (χ1v) is 8.68. The van der Waals surface area contributed by atoms with Gasteiger partial charge < -0.3 is 8.94 Å². The van der Waals surface area contributed by atoms with Crippen molar-refractivity contribution in [1.82, 2.24) is 20.0 Å². The van der Waals surface area contributed by atoms with Crippen LogP contribution < -0.4 is 0 Å². The van der Waals surface area contributed by atoms with Crippen LogP contribution in [0.15, 0.2) is 43.9 Å². The fourth-order valence-corrected chi connectivity index (χ4v) is 2.93. The van der Waals surface area contributed by atoms with Crippen LogP contribution in [0.3, 0.4) is 0 Å². The van der Waals surface area contributed by atoms with E-state index in [0.29, 0.717) is 30.7 Å². The van der Waals surface area contributed by atoms with E-state index in [4.69, 9.17) is 8.94 Å². The zero-order chi connectivity index (χ0) is 16.5. The second-order valence-corrected chi connectivity index (χ2v) is 7.04. The molecule has 1 saturated carbocycles. The van der Waals surface area contributed by atoms with Crippen LogP contribution in [0.1, 0.15) is 36.3 Å². The minimum Gasteiger partial charge on any atom is -0.444 e. The maximum atomic E-state index is 5.78. The van der Waals surface area contributed by atoms with E-state index in [-0.39, 0.29) is 0 Å². The highest BCUT2D eigenvalue weighted by atomic mass is 79.9. The molecule has 7 heteroatoms. The summed E-state index contributed by atoms with van der Waals surface area (Å²) in [4.78, 5) is 10.8. The van der Waals surface area contributed by atoms with Gasteiger partial charge in [-0.3, -0.25) is 4.90 Å². The van der Waals surface area contributed by atoms with Gasteiger partial charge >= 0.3 is 0 Å². The Morgan fingerprint density at radius 2 is 2.08 bits per heavy atom. The van der Waals surface area contributed by atoms with Crippen LogP contribution in [0.2, 0.25) is 0 Å². The van der Waals surface area contributed by atoms with Crippen LogP contribution in [0.4, 0.5) is 0 Å². The molecule has 2 aromatic heterocycles. The monoisotopic (exact) mass is 388 g/mol. The predicted octanol–water partition coefficient (Wildman–Crippen LogP) is 4.00. The lowest BCUT2D eigenvalue weighted by atomic mass is 10.2. The zero-order valence-electron chi connectivity index (χ0n) is 13.3. The molecule has 1 aliphatic carbocycles. The van der Waals surface area contributed by atoms with E-state index in [2.05, 4.69) is 31.1 Å². The molecule has 0 spiro atoms. The molecule has 0 bridgehead atoms. The van der Waals surface area contributed by atoms with Crippen LogP contribution in [-0.2, 0) is 13.1 Å². The average Bonchev–Trinajstić information content (AvgIpc) is 3.13. The van der Waals surface area contributed by atoms with Crippen molar-refractivity contribution in [1.29, 1.82) is 0 Å². The van der Waals surface area contributed by atoms with E-state index in [0.717, 1.165) is 21.7 Å². The first-order valence-electron chi connectivity index (χ1n) is 7.89. The Kier molecular flexibility index (Phi) is 4.20. The van der Waals surface area contributed by atoms with Crippen LogP contribution in [0.5, 0.6) is 0 Å². The summed E-state index contributed by atoms with van der Waals surface area (Å²) in [7, 11) is 1.98. The summed E-state index contributed by atoms with van der Waals surface area (Å²) >= 11 is 3.45. The third-order valence-electron chi connectivity index (χ3n) is 3.91. The van der Waals surface area contributed by atoms with Gasteiger partial charge in [-0.25, -0.2) is 4.98 Å². The van der Waals surface area contributed by atoms with E-state index >= 15 is 0 Å². The molecule has 1 aliphatic rings. The topological polar surface area (TPSA) is 68.2 Å². The molecule has 0 radical (unpaired) electrons. The third-order valence-corrected chi connectivity index (χ3v) is 4.41.